The second-order valence-corrected chi connectivity index (χ2v) is 15.1. The van der Waals surface area contributed by atoms with Crippen LogP contribution in [0.15, 0.2) is 48.8 Å². The van der Waals surface area contributed by atoms with E-state index >= 15 is 0 Å². The van der Waals surface area contributed by atoms with E-state index in [1.54, 1.807) is 0 Å². The summed E-state index contributed by atoms with van der Waals surface area (Å²) in [6.07, 6.45) is 48.7. The van der Waals surface area contributed by atoms with Crippen molar-refractivity contribution < 1.29 is 28.5 Å². The topological polar surface area (TPSA) is 7.12 Å². The molecule has 0 unspecified atom stereocenters. The third-order valence-electron chi connectivity index (χ3n) is 10.6. The molecular formula is C47H81IN2. The molecule has 0 N–H and O–H groups in total. The van der Waals surface area contributed by atoms with E-state index in [4.69, 9.17) is 0 Å². The number of benzene rings is 1. The molecule has 0 fully saturated rings. The van der Waals surface area contributed by atoms with Crippen LogP contribution in [0.3, 0.4) is 0 Å². The van der Waals surface area contributed by atoms with Crippen LogP contribution in [0.25, 0.3) is 12.2 Å². The molecule has 0 saturated heterocycles. The van der Waals surface area contributed by atoms with Crippen LogP contribution in [-0.2, 0) is 6.54 Å². The summed E-state index contributed by atoms with van der Waals surface area (Å²) < 4.78 is 2.21. The molecule has 0 radical (unpaired) electrons. The number of aryl methyl sites for hydroxylation is 1. The van der Waals surface area contributed by atoms with Gasteiger partial charge in [-0.05, 0) is 43.0 Å². The van der Waals surface area contributed by atoms with Crippen LogP contribution in [-0.4, -0.2) is 13.1 Å². The van der Waals surface area contributed by atoms with Crippen molar-refractivity contribution in [2.75, 3.05) is 18.0 Å². The Hall–Kier alpha value is -1.36. The Labute approximate surface area is 329 Å². The molecule has 0 amide bonds. The molecule has 2 rings (SSSR count). The standard InChI is InChI=1S/C47H81N2.HI/c1-4-7-9-11-13-15-17-19-21-23-25-27-29-31-41-49(42-32-30-28-26-24-22-20-18-16-14-12-10-8-5-2)47-37-35-45(36-38-47)33-34-46-39-43-48(6-3)44-40-46;/h33-40,43-44H,4-32,41-42H2,1-3H3;1H/q+1;/p-1. The molecule has 0 aliphatic carbocycles. The predicted molar refractivity (Wildman–Crippen MR) is 221 cm³/mol. The van der Waals surface area contributed by atoms with Crippen molar-refractivity contribution in [3.05, 3.63) is 59.9 Å². The first kappa shape index (κ1) is 46.7. The van der Waals surface area contributed by atoms with Gasteiger partial charge in [-0.15, -0.1) is 0 Å². The van der Waals surface area contributed by atoms with Gasteiger partial charge in [0, 0.05) is 30.9 Å². The number of hydrogen-bond donors (Lipinski definition) is 0. The van der Waals surface area contributed by atoms with Gasteiger partial charge in [-0.2, -0.15) is 0 Å². The van der Waals surface area contributed by atoms with E-state index in [-0.39, 0.29) is 24.0 Å². The lowest BCUT2D eigenvalue weighted by Gasteiger charge is -2.25. The lowest BCUT2D eigenvalue weighted by molar-refractivity contribution is -0.693. The minimum absolute atomic E-state index is 0. The number of anilines is 1. The van der Waals surface area contributed by atoms with Crippen LogP contribution in [0.1, 0.15) is 212 Å². The third kappa shape index (κ3) is 25.6. The van der Waals surface area contributed by atoms with E-state index in [9.17, 15) is 0 Å². The summed E-state index contributed by atoms with van der Waals surface area (Å²) >= 11 is 0. The number of halogens is 1. The van der Waals surface area contributed by atoms with Crippen molar-refractivity contribution in [3.8, 4) is 0 Å². The van der Waals surface area contributed by atoms with Crippen LogP contribution >= 0.6 is 0 Å². The molecule has 50 heavy (non-hydrogen) atoms. The van der Waals surface area contributed by atoms with Crippen molar-refractivity contribution in [2.45, 2.75) is 207 Å². The maximum absolute atomic E-state index is 2.69. The minimum atomic E-state index is 0. The highest BCUT2D eigenvalue weighted by molar-refractivity contribution is 5.70. The Morgan fingerprint density at radius 2 is 0.700 bits per heavy atom. The maximum atomic E-state index is 2.69. The second kappa shape index (κ2) is 34.7. The largest absolute Gasteiger partial charge is 1.00 e. The van der Waals surface area contributed by atoms with Gasteiger partial charge in [0.05, 0.1) is 0 Å². The van der Waals surface area contributed by atoms with Gasteiger partial charge in [-0.25, -0.2) is 4.57 Å². The Balaban J connectivity index is 0.0000125. The molecule has 0 aliphatic rings. The van der Waals surface area contributed by atoms with Crippen molar-refractivity contribution in [2.24, 2.45) is 0 Å². The Bertz CT molecular complexity index is 967. The van der Waals surface area contributed by atoms with Gasteiger partial charge in [0.25, 0.3) is 0 Å². The average molecular weight is 801 g/mol. The maximum Gasteiger partial charge on any atom is 0.169 e. The van der Waals surface area contributed by atoms with E-state index in [0.29, 0.717) is 0 Å². The van der Waals surface area contributed by atoms with Gasteiger partial charge in [-0.3, -0.25) is 0 Å². The van der Waals surface area contributed by atoms with Gasteiger partial charge >= 0.3 is 0 Å². The fourth-order valence-corrected chi connectivity index (χ4v) is 7.14. The molecule has 2 aromatic rings. The Morgan fingerprint density at radius 1 is 0.400 bits per heavy atom. The zero-order valence-corrected chi connectivity index (χ0v) is 35.6. The van der Waals surface area contributed by atoms with Crippen LogP contribution in [0.4, 0.5) is 5.69 Å². The summed E-state index contributed by atoms with van der Waals surface area (Å²) in [5, 5.41) is 0. The number of aromatic nitrogens is 1. The van der Waals surface area contributed by atoms with Gasteiger partial charge in [0.2, 0.25) is 0 Å². The van der Waals surface area contributed by atoms with Crippen molar-refractivity contribution in [1.82, 2.24) is 0 Å². The van der Waals surface area contributed by atoms with Crippen LogP contribution in [0.5, 0.6) is 0 Å². The lowest BCUT2D eigenvalue weighted by Crippen LogP contribution is -3.00. The quantitative estimate of drug-likeness (QED) is 0.0388. The fourth-order valence-electron chi connectivity index (χ4n) is 7.14. The van der Waals surface area contributed by atoms with E-state index in [1.807, 2.05) is 0 Å². The van der Waals surface area contributed by atoms with Gasteiger partial charge in [0.15, 0.2) is 12.4 Å². The third-order valence-corrected chi connectivity index (χ3v) is 10.6. The van der Waals surface area contributed by atoms with Crippen molar-refractivity contribution in [3.63, 3.8) is 0 Å². The van der Waals surface area contributed by atoms with Gasteiger partial charge in [-0.1, -0.05) is 205 Å². The lowest BCUT2D eigenvalue weighted by atomic mass is 10.0. The summed E-state index contributed by atoms with van der Waals surface area (Å²) in [5.41, 5.74) is 3.94. The molecule has 1 aromatic heterocycles. The first-order valence-corrected chi connectivity index (χ1v) is 21.8. The molecule has 0 aliphatic heterocycles. The number of rotatable bonds is 34. The number of unbranched alkanes of at least 4 members (excludes halogenated alkanes) is 26. The SMILES string of the molecule is CCCCCCCCCCCCCCCCN(CCCCCCCCCCCCCCCC)c1ccc(C=Cc2cc[n+](CC)cc2)cc1.[I-]. The molecule has 286 valence electrons. The molecule has 2 nitrogen and oxygen atoms in total. The van der Waals surface area contributed by atoms with Crippen molar-refractivity contribution in [1.29, 1.82) is 0 Å². The zero-order chi connectivity index (χ0) is 34.9. The first-order chi connectivity index (χ1) is 24.3. The zero-order valence-electron chi connectivity index (χ0n) is 33.5. The number of hydrogen-bond acceptors (Lipinski definition) is 1. The van der Waals surface area contributed by atoms with Crippen LogP contribution < -0.4 is 33.4 Å². The van der Waals surface area contributed by atoms with E-state index in [0.717, 1.165) is 6.54 Å². The minimum Gasteiger partial charge on any atom is -1.00 e. The molecule has 1 heterocycles. The van der Waals surface area contributed by atoms with E-state index in [2.05, 4.69) is 91.2 Å². The first-order valence-electron chi connectivity index (χ1n) is 21.8. The van der Waals surface area contributed by atoms with Crippen molar-refractivity contribution >= 4 is 17.8 Å². The average Bonchev–Trinajstić information content (AvgIpc) is 3.13. The summed E-state index contributed by atoms with van der Waals surface area (Å²) in [4.78, 5) is 2.69. The highest BCUT2D eigenvalue weighted by Crippen LogP contribution is 2.20. The summed E-state index contributed by atoms with van der Waals surface area (Å²) in [7, 11) is 0. The smallest absolute Gasteiger partial charge is 0.169 e. The monoisotopic (exact) mass is 801 g/mol. The van der Waals surface area contributed by atoms with Gasteiger partial charge in [0.1, 0.15) is 6.54 Å². The predicted octanol–water partition coefficient (Wildman–Crippen LogP) is 11.9. The molecule has 3 heteroatoms. The van der Waals surface area contributed by atoms with E-state index in [1.165, 1.54) is 210 Å². The molecular weight excluding hydrogens is 719 g/mol. The molecule has 0 saturated carbocycles. The number of nitrogens with zero attached hydrogens (tertiary/aromatic N) is 2. The Kier molecular flexibility index (Phi) is 32.4. The van der Waals surface area contributed by atoms with E-state index < -0.39 is 0 Å². The molecule has 0 atom stereocenters. The van der Waals surface area contributed by atoms with Crippen LogP contribution in [0.2, 0.25) is 0 Å². The molecule has 1 aromatic carbocycles. The number of pyridine rings is 1. The fraction of sp³-hybridized carbons (Fsp3) is 0.723. The Morgan fingerprint density at radius 3 is 1.02 bits per heavy atom. The molecule has 0 spiro atoms. The summed E-state index contributed by atoms with van der Waals surface area (Å²) in [6, 6.07) is 13.7. The second-order valence-electron chi connectivity index (χ2n) is 15.1. The highest BCUT2D eigenvalue weighted by Gasteiger charge is 2.07. The normalized spacial score (nSPS) is 11.3. The van der Waals surface area contributed by atoms with Gasteiger partial charge < -0.3 is 28.9 Å². The molecule has 0 bridgehead atoms. The van der Waals surface area contributed by atoms with Crippen LogP contribution in [0, 0.1) is 0 Å². The summed E-state index contributed by atoms with van der Waals surface area (Å²) in [5.74, 6) is 0. The highest BCUT2D eigenvalue weighted by atomic mass is 127. The summed E-state index contributed by atoms with van der Waals surface area (Å²) in [6.45, 7) is 10.2.